The summed E-state index contributed by atoms with van der Waals surface area (Å²) < 4.78 is 5.28. The summed E-state index contributed by atoms with van der Waals surface area (Å²) in [5, 5.41) is 5.53. The summed E-state index contributed by atoms with van der Waals surface area (Å²) in [5.41, 5.74) is 7.23. The number of ether oxygens (including phenoxy) is 1. The number of rotatable bonds is 5. The van der Waals surface area contributed by atoms with E-state index < -0.39 is 6.04 Å². The van der Waals surface area contributed by atoms with Crippen LogP contribution in [-0.4, -0.2) is 37.6 Å². The van der Waals surface area contributed by atoms with E-state index >= 15 is 0 Å². The predicted octanol–water partition coefficient (Wildman–Crippen LogP) is 1.13. The molecule has 1 saturated heterocycles. The second-order valence-corrected chi connectivity index (χ2v) is 5.40. The van der Waals surface area contributed by atoms with Crippen molar-refractivity contribution in [1.82, 2.24) is 5.32 Å². The van der Waals surface area contributed by atoms with Gasteiger partial charge in [-0.2, -0.15) is 0 Å². The average molecular weight is 305 g/mol. The molecule has 1 atom stereocenters. The molecule has 1 fully saturated rings. The lowest BCUT2D eigenvalue weighted by atomic mass is 9.92. The Hall–Kier alpha value is -1.92. The molecule has 2 amide bonds. The minimum Gasteiger partial charge on any atom is -0.381 e. The molecule has 120 valence electrons. The quantitative estimate of drug-likeness (QED) is 0.760. The molecule has 0 aromatic heterocycles. The zero-order valence-electron chi connectivity index (χ0n) is 12.8. The summed E-state index contributed by atoms with van der Waals surface area (Å²) in [4.78, 5) is 23.8. The van der Waals surface area contributed by atoms with Gasteiger partial charge in [0.2, 0.25) is 5.91 Å². The van der Waals surface area contributed by atoms with Crippen LogP contribution >= 0.6 is 0 Å². The molecule has 0 radical (unpaired) electrons. The molecule has 0 bridgehead atoms. The Morgan fingerprint density at radius 3 is 2.50 bits per heavy atom. The number of nitrogens with one attached hydrogen (secondary N) is 2. The molecule has 0 aliphatic carbocycles. The van der Waals surface area contributed by atoms with Crippen LogP contribution in [0, 0.1) is 5.92 Å². The first-order valence-electron chi connectivity index (χ1n) is 7.64. The standard InChI is InChI=1S/C16H23N3O3/c1-2-18-15(20)12-3-5-13(6-4-12)19-16(21)14(17)11-7-9-22-10-8-11/h3-6,11,14H,2,7-10,17H2,1H3,(H,18,20)(H,19,21). The highest BCUT2D eigenvalue weighted by Crippen LogP contribution is 2.19. The van der Waals surface area contributed by atoms with Gasteiger partial charge in [-0.15, -0.1) is 0 Å². The van der Waals surface area contributed by atoms with Crippen LogP contribution in [0.2, 0.25) is 0 Å². The van der Waals surface area contributed by atoms with E-state index in [0.29, 0.717) is 31.0 Å². The third-order valence-corrected chi connectivity index (χ3v) is 3.83. The maximum absolute atomic E-state index is 12.2. The number of carbonyl (C=O) groups is 2. The summed E-state index contributed by atoms with van der Waals surface area (Å²) in [5.74, 6) is -0.166. The zero-order chi connectivity index (χ0) is 15.9. The molecule has 22 heavy (non-hydrogen) atoms. The summed E-state index contributed by atoms with van der Waals surface area (Å²) in [6.45, 7) is 3.77. The highest BCUT2D eigenvalue weighted by molar-refractivity contribution is 5.97. The molecule has 1 heterocycles. The Morgan fingerprint density at radius 1 is 1.27 bits per heavy atom. The van der Waals surface area contributed by atoms with E-state index in [4.69, 9.17) is 10.5 Å². The van der Waals surface area contributed by atoms with E-state index in [9.17, 15) is 9.59 Å². The number of hydrogen-bond acceptors (Lipinski definition) is 4. The van der Waals surface area contributed by atoms with Crippen LogP contribution in [0.1, 0.15) is 30.1 Å². The van der Waals surface area contributed by atoms with Crippen molar-refractivity contribution < 1.29 is 14.3 Å². The number of anilines is 1. The van der Waals surface area contributed by atoms with E-state index in [2.05, 4.69) is 10.6 Å². The average Bonchev–Trinajstić information content (AvgIpc) is 2.55. The van der Waals surface area contributed by atoms with E-state index in [1.807, 2.05) is 6.92 Å². The van der Waals surface area contributed by atoms with Crippen molar-refractivity contribution in [2.45, 2.75) is 25.8 Å². The van der Waals surface area contributed by atoms with Gasteiger partial charge in [-0.05, 0) is 49.9 Å². The predicted molar refractivity (Wildman–Crippen MR) is 84.6 cm³/mol. The fourth-order valence-corrected chi connectivity index (χ4v) is 2.48. The van der Waals surface area contributed by atoms with Crippen molar-refractivity contribution in [2.75, 3.05) is 25.1 Å². The Balaban J connectivity index is 1.92. The molecule has 2 rings (SSSR count). The zero-order valence-corrected chi connectivity index (χ0v) is 12.8. The van der Waals surface area contributed by atoms with Crippen LogP contribution in [-0.2, 0) is 9.53 Å². The largest absolute Gasteiger partial charge is 0.381 e. The maximum atomic E-state index is 12.2. The van der Waals surface area contributed by atoms with E-state index in [1.165, 1.54) is 0 Å². The van der Waals surface area contributed by atoms with Gasteiger partial charge in [0.05, 0.1) is 6.04 Å². The molecule has 6 heteroatoms. The molecule has 0 saturated carbocycles. The van der Waals surface area contributed by atoms with Crippen molar-refractivity contribution in [1.29, 1.82) is 0 Å². The number of hydrogen-bond donors (Lipinski definition) is 3. The highest BCUT2D eigenvalue weighted by Gasteiger charge is 2.26. The van der Waals surface area contributed by atoms with Gasteiger partial charge in [0, 0.05) is 31.0 Å². The maximum Gasteiger partial charge on any atom is 0.251 e. The minimum atomic E-state index is -0.535. The van der Waals surface area contributed by atoms with Gasteiger partial charge in [0.1, 0.15) is 0 Å². The monoisotopic (exact) mass is 305 g/mol. The van der Waals surface area contributed by atoms with Crippen LogP contribution in [0.15, 0.2) is 24.3 Å². The van der Waals surface area contributed by atoms with Gasteiger partial charge in [-0.25, -0.2) is 0 Å². The topological polar surface area (TPSA) is 93.5 Å². The fraction of sp³-hybridized carbons (Fsp3) is 0.500. The van der Waals surface area contributed by atoms with Crippen LogP contribution in [0.3, 0.4) is 0 Å². The third kappa shape index (κ3) is 4.29. The molecule has 6 nitrogen and oxygen atoms in total. The lowest BCUT2D eigenvalue weighted by molar-refractivity contribution is -0.119. The normalized spacial score (nSPS) is 16.8. The Kier molecular flexibility index (Phi) is 5.91. The van der Waals surface area contributed by atoms with Crippen molar-refractivity contribution in [3.63, 3.8) is 0 Å². The van der Waals surface area contributed by atoms with Crippen LogP contribution < -0.4 is 16.4 Å². The van der Waals surface area contributed by atoms with Gasteiger partial charge in [0.15, 0.2) is 0 Å². The Morgan fingerprint density at radius 2 is 1.91 bits per heavy atom. The lowest BCUT2D eigenvalue weighted by Gasteiger charge is -2.26. The second kappa shape index (κ2) is 7.91. The first-order valence-corrected chi connectivity index (χ1v) is 7.64. The summed E-state index contributed by atoms with van der Waals surface area (Å²) >= 11 is 0. The molecule has 4 N–H and O–H groups in total. The Bertz CT molecular complexity index is 510. The molecule has 1 aromatic rings. The summed E-state index contributed by atoms with van der Waals surface area (Å²) in [6.07, 6.45) is 1.62. The minimum absolute atomic E-state index is 0.126. The van der Waals surface area contributed by atoms with E-state index in [1.54, 1.807) is 24.3 Å². The van der Waals surface area contributed by atoms with Gasteiger partial charge in [-0.1, -0.05) is 0 Å². The molecular weight excluding hydrogens is 282 g/mol. The van der Waals surface area contributed by atoms with Crippen LogP contribution in [0.5, 0.6) is 0 Å². The van der Waals surface area contributed by atoms with Gasteiger partial charge >= 0.3 is 0 Å². The molecule has 1 aromatic carbocycles. The summed E-state index contributed by atoms with van der Waals surface area (Å²) in [6, 6.07) is 6.24. The smallest absolute Gasteiger partial charge is 0.251 e. The number of nitrogens with two attached hydrogens (primary N) is 1. The molecule has 0 spiro atoms. The second-order valence-electron chi connectivity index (χ2n) is 5.40. The number of amides is 2. The van der Waals surface area contributed by atoms with E-state index in [0.717, 1.165) is 12.8 Å². The SMILES string of the molecule is CCNC(=O)c1ccc(NC(=O)C(N)C2CCOCC2)cc1. The van der Waals surface area contributed by atoms with Crippen LogP contribution in [0.4, 0.5) is 5.69 Å². The van der Waals surface area contributed by atoms with Crippen molar-refractivity contribution in [3.05, 3.63) is 29.8 Å². The van der Waals surface area contributed by atoms with Crippen molar-refractivity contribution in [2.24, 2.45) is 11.7 Å². The van der Waals surface area contributed by atoms with Gasteiger partial charge in [0.25, 0.3) is 5.91 Å². The first kappa shape index (κ1) is 16.5. The van der Waals surface area contributed by atoms with Crippen LogP contribution in [0.25, 0.3) is 0 Å². The lowest BCUT2D eigenvalue weighted by Crippen LogP contribution is -2.44. The van der Waals surface area contributed by atoms with E-state index in [-0.39, 0.29) is 17.7 Å². The van der Waals surface area contributed by atoms with Gasteiger partial charge in [-0.3, -0.25) is 9.59 Å². The number of benzene rings is 1. The first-order chi connectivity index (χ1) is 10.6. The fourth-order valence-electron chi connectivity index (χ4n) is 2.48. The van der Waals surface area contributed by atoms with Crippen molar-refractivity contribution >= 4 is 17.5 Å². The highest BCUT2D eigenvalue weighted by atomic mass is 16.5. The van der Waals surface area contributed by atoms with Gasteiger partial charge < -0.3 is 21.1 Å². The molecule has 1 unspecified atom stereocenters. The molecule has 1 aliphatic rings. The molecular formula is C16H23N3O3. The van der Waals surface area contributed by atoms with Crippen molar-refractivity contribution in [3.8, 4) is 0 Å². The summed E-state index contributed by atoms with van der Waals surface area (Å²) in [7, 11) is 0. The number of carbonyl (C=O) groups excluding carboxylic acids is 2. The third-order valence-electron chi connectivity index (χ3n) is 3.83. The Labute approximate surface area is 130 Å². The molecule has 1 aliphatic heterocycles.